The molecule has 0 radical (unpaired) electrons. The highest BCUT2D eigenvalue weighted by molar-refractivity contribution is 5.90. The van der Waals surface area contributed by atoms with Gasteiger partial charge in [-0.2, -0.15) is 0 Å². The van der Waals surface area contributed by atoms with Gasteiger partial charge in [-0.1, -0.05) is 12.1 Å². The molecule has 0 N–H and O–H groups in total. The van der Waals surface area contributed by atoms with Gasteiger partial charge in [-0.15, -0.1) is 0 Å². The van der Waals surface area contributed by atoms with E-state index in [4.69, 9.17) is 0 Å². The molecule has 1 fully saturated rings. The van der Waals surface area contributed by atoms with E-state index in [1.54, 1.807) is 17.0 Å². The Morgan fingerprint density at radius 2 is 1.94 bits per heavy atom. The maximum Gasteiger partial charge on any atom is 0.327 e. The predicted octanol–water partition coefficient (Wildman–Crippen LogP) is 0.711. The van der Waals surface area contributed by atoms with Crippen LogP contribution in [-0.2, 0) is 20.9 Å². The molecule has 0 aliphatic carbocycles. The van der Waals surface area contributed by atoms with E-state index < -0.39 is 11.9 Å². The maximum atomic E-state index is 12.9. The molecule has 0 unspecified atom stereocenters. The van der Waals surface area contributed by atoms with Crippen LogP contribution in [0.1, 0.15) is 5.56 Å². The molecule has 1 saturated heterocycles. The minimum atomic E-state index is -0.562. The third-order valence-electron chi connectivity index (χ3n) is 2.23. The molecule has 1 heterocycles. The molecule has 0 aromatic heterocycles. The zero-order valence-electron chi connectivity index (χ0n) is 8.48. The van der Waals surface area contributed by atoms with Crippen molar-refractivity contribution in [1.82, 2.24) is 4.90 Å². The lowest BCUT2D eigenvalue weighted by Gasteiger charge is -2.23. The van der Waals surface area contributed by atoms with Crippen LogP contribution in [0.2, 0.25) is 0 Å². The molecule has 16 heavy (non-hydrogen) atoms. The van der Waals surface area contributed by atoms with Crippen LogP contribution < -0.4 is 0 Å². The van der Waals surface area contributed by atoms with Crippen molar-refractivity contribution in [3.05, 3.63) is 35.6 Å². The number of hydrogen-bond donors (Lipinski definition) is 0. The van der Waals surface area contributed by atoms with Gasteiger partial charge < -0.3 is 4.74 Å². The Labute approximate surface area is 91.6 Å². The van der Waals surface area contributed by atoms with E-state index in [0.29, 0.717) is 6.54 Å². The average Bonchev–Trinajstić information content (AvgIpc) is 2.15. The summed E-state index contributed by atoms with van der Waals surface area (Å²) in [6, 6.07) is 6.06. The molecule has 0 atom stereocenters. The van der Waals surface area contributed by atoms with Crippen LogP contribution >= 0.6 is 0 Å². The summed E-state index contributed by atoms with van der Waals surface area (Å²) in [5.41, 5.74) is 0.725. The first kappa shape index (κ1) is 10.8. The van der Waals surface area contributed by atoms with E-state index in [2.05, 4.69) is 4.74 Å². The summed E-state index contributed by atoms with van der Waals surface area (Å²) in [6.07, 6.45) is 0. The van der Waals surface area contributed by atoms with Crippen LogP contribution in [0.5, 0.6) is 0 Å². The Morgan fingerprint density at radius 3 is 2.56 bits per heavy atom. The van der Waals surface area contributed by atoms with E-state index in [0.717, 1.165) is 5.56 Å². The van der Waals surface area contributed by atoms with Gasteiger partial charge in [0, 0.05) is 6.54 Å². The first-order valence-electron chi connectivity index (χ1n) is 4.84. The molecule has 0 bridgehead atoms. The standard InChI is InChI=1S/C11H10FNO3/c12-9-3-1-2-8(4-9)5-13-6-10(14)16-11(15)7-13/h1-4H,5-7H2. The largest absolute Gasteiger partial charge is 0.391 e. The van der Waals surface area contributed by atoms with Crippen molar-refractivity contribution in [2.75, 3.05) is 13.1 Å². The molecular weight excluding hydrogens is 213 g/mol. The van der Waals surface area contributed by atoms with Crippen LogP contribution in [0.25, 0.3) is 0 Å². The fourth-order valence-electron chi connectivity index (χ4n) is 1.62. The maximum absolute atomic E-state index is 12.9. The molecule has 5 heteroatoms. The van der Waals surface area contributed by atoms with E-state index in [1.165, 1.54) is 12.1 Å². The lowest BCUT2D eigenvalue weighted by Crippen LogP contribution is -2.42. The Balaban J connectivity index is 2.04. The molecule has 84 valence electrons. The van der Waals surface area contributed by atoms with E-state index in [-0.39, 0.29) is 18.9 Å². The number of cyclic esters (lactones) is 2. The van der Waals surface area contributed by atoms with Crippen LogP contribution in [0.4, 0.5) is 4.39 Å². The first-order chi connectivity index (χ1) is 7.63. The van der Waals surface area contributed by atoms with Crippen molar-refractivity contribution in [2.45, 2.75) is 6.54 Å². The van der Waals surface area contributed by atoms with Gasteiger partial charge in [0.25, 0.3) is 0 Å². The number of carbonyl (C=O) groups is 2. The molecule has 1 aliphatic rings. The topological polar surface area (TPSA) is 46.6 Å². The highest BCUT2D eigenvalue weighted by Crippen LogP contribution is 2.09. The number of benzene rings is 1. The number of halogens is 1. The molecule has 0 saturated carbocycles. The second kappa shape index (κ2) is 4.40. The Hall–Kier alpha value is -1.75. The fraction of sp³-hybridized carbons (Fsp3) is 0.273. The zero-order chi connectivity index (χ0) is 11.5. The lowest BCUT2D eigenvalue weighted by atomic mass is 10.2. The molecule has 0 spiro atoms. The van der Waals surface area contributed by atoms with E-state index in [1.807, 2.05) is 0 Å². The number of esters is 2. The summed E-state index contributed by atoms with van der Waals surface area (Å²) in [5, 5.41) is 0. The lowest BCUT2D eigenvalue weighted by molar-refractivity contribution is -0.167. The summed E-state index contributed by atoms with van der Waals surface area (Å²) < 4.78 is 17.3. The van der Waals surface area contributed by atoms with Gasteiger partial charge in [-0.25, -0.2) is 4.39 Å². The van der Waals surface area contributed by atoms with Crippen LogP contribution in [0.3, 0.4) is 0 Å². The summed E-state index contributed by atoms with van der Waals surface area (Å²) in [5.74, 6) is -1.45. The minimum Gasteiger partial charge on any atom is -0.391 e. The third-order valence-corrected chi connectivity index (χ3v) is 2.23. The second-order valence-electron chi connectivity index (χ2n) is 3.62. The van der Waals surface area contributed by atoms with Crippen LogP contribution in [-0.4, -0.2) is 29.9 Å². The molecule has 1 aromatic rings. The smallest absolute Gasteiger partial charge is 0.327 e. The summed E-state index contributed by atoms with van der Waals surface area (Å²) in [4.78, 5) is 23.6. The normalized spacial score (nSPS) is 17.3. The third kappa shape index (κ3) is 2.64. The predicted molar refractivity (Wildman–Crippen MR) is 52.8 cm³/mol. The molecular formula is C11H10FNO3. The van der Waals surface area contributed by atoms with Crippen molar-refractivity contribution in [2.24, 2.45) is 0 Å². The van der Waals surface area contributed by atoms with Crippen molar-refractivity contribution >= 4 is 11.9 Å². The highest BCUT2D eigenvalue weighted by atomic mass is 19.1. The molecule has 1 aliphatic heterocycles. The van der Waals surface area contributed by atoms with Crippen molar-refractivity contribution in [1.29, 1.82) is 0 Å². The SMILES string of the molecule is O=C1CN(Cc2cccc(F)c2)CC(=O)O1. The second-order valence-corrected chi connectivity index (χ2v) is 3.62. The fourth-order valence-corrected chi connectivity index (χ4v) is 1.62. The number of morpholine rings is 1. The molecule has 2 rings (SSSR count). The summed E-state index contributed by atoms with van der Waals surface area (Å²) >= 11 is 0. The number of carbonyl (C=O) groups excluding carboxylic acids is 2. The zero-order valence-corrected chi connectivity index (χ0v) is 8.48. The Morgan fingerprint density at radius 1 is 1.25 bits per heavy atom. The molecule has 1 aromatic carbocycles. The quantitative estimate of drug-likeness (QED) is 0.547. The van der Waals surface area contributed by atoms with Gasteiger partial charge in [0.2, 0.25) is 0 Å². The number of hydrogen-bond acceptors (Lipinski definition) is 4. The Bertz CT molecular complexity index is 417. The number of nitrogens with zero attached hydrogens (tertiary/aromatic N) is 1. The molecule has 0 amide bonds. The molecule has 4 nitrogen and oxygen atoms in total. The van der Waals surface area contributed by atoms with E-state index in [9.17, 15) is 14.0 Å². The van der Waals surface area contributed by atoms with Crippen molar-refractivity contribution < 1.29 is 18.7 Å². The monoisotopic (exact) mass is 223 g/mol. The number of rotatable bonds is 2. The van der Waals surface area contributed by atoms with Gasteiger partial charge in [-0.3, -0.25) is 14.5 Å². The van der Waals surface area contributed by atoms with Crippen LogP contribution in [0.15, 0.2) is 24.3 Å². The van der Waals surface area contributed by atoms with Gasteiger partial charge in [-0.05, 0) is 17.7 Å². The van der Waals surface area contributed by atoms with Gasteiger partial charge in [0.1, 0.15) is 5.82 Å². The van der Waals surface area contributed by atoms with Crippen LogP contribution in [0, 0.1) is 5.82 Å². The average molecular weight is 223 g/mol. The van der Waals surface area contributed by atoms with Crippen molar-refractivity contribution in [3.8, 4) is 0 Å². The summed E-state index contributed by atoms with van der Waals surface area (Å²) in [7, 11) is 0. The highest BCUT2D eigenvalue weighted by Gasteiger charge is 2.24. The summed E-state index contributed by atoms with van der Waals surface area (Å²) in [6.45, 7) is 0.475. The van der Waals surface area contributed by atoms with E-state index >= 15 is 0 Å². The first-order valence-corrected chi connectivity index (χ1v) is 4.84. The van der Waals surface area contributed by atoms with Crippen molar-refractivity contribution in [3.63, 3.8) is 0 Å². The Kier molecular flexibility index (Phi) is 2.96. The van der Waals surface area contributed by atoms with Gasteiger partial charge >= 0.3 is 11.9 Å². The van der Waals surface area contributed by atoms with Gasteiger partial charge in [0.05, 0.1) is 13.1 Å². The minimum absolute atomic E-state index is 0.0578. The number of ether oxygens (including phenoxy) is 1. The van der Waals surface area contributed by atoms with Gasteiger partial charge in [0.15, 0.2) is 0 Å².